The molecule has 1 unspecified atom stereocenters. The average molecular weight is 368 g/mol. The smallest absolute Gasteiger partial charge is 0.113 e. The van der Waals surface area contributed by atoms with Gasteiger partial charge in [0.2, 0.25) is 0 Å². The van der Waals surface area contributed by atoms with Crippen molar-refractivity contribution >= 4 is 36.8 Å². The molecular formula is C22H29BS2. The van der Waals surface area contributed by atoms with E-state index in [0.29, 0.717) is 0 Å². The van der Waals surface area contributed by atoms with E-state index in [0.717, 1.165) is 22.2 Å². The molecule has 0 saturated heterocycles. The van der Waals surface area contributed by atoms with Gasteiger partial charge in [0.05, 0.1) is 0 Å². The number of benzene rings is 2. The summed E-state index contributed by atoms with van der Waals surface area (Å²) in [4.78, 5) is 0. The Morgan fingerprint density at radius 2 is 1.56 bits per heavy atom. The molecule has 2 rings (SSSR count). The van der Waals surface area contributed by atoms with Gasteiger partial charge >= 0.3 is 0 Å². The SMILES string of the molecule is [B]c1ccc(CSCCC(CCCCC)SCc2ccccc2)cc1. The Balaban J connectivity index is 1.71. The third kappa shape index (κ3) is 8.92. The van der Waals surface area contributed by atoms with Gasteiger partial charge in [-0.05, 0) is 29.7 Å². The summed E-state index contributed by atoms with van der Waals surface area (Å²) in [5.41, 5.74) is 3.67. The summed E-state index contributed by atoms with van der Waals surface area (Å²) >= 11 is 4.19. The summed E-state index contributed by atoms with van der Waals surface area (Å²) in [7, 11) is 5.75. The van der Waals surface area contributed by atoms with E-state index in [4.69, 9.17) is 7.85 Å². The maximum Gasteiger partial charge on any atom is 0.113 e. The molecule has 0 aliphatic heterocycles. The molecule has 0 nitrogen and oxygen atoms in total. The number of unbranched alkanes of at least 4 members (excludes halogenated alkanes) is 2. The van der Waals surface area contributed by atoms with E-state index in [9.17, 15) is 0 Å². The molecule has 0 aliphatic rings. The van der Waals surface area contributed by atoms with Gasteiger partial charge in [0, 0.05) is 16.8 Å². The average Bonchev–Trinajstić information content (AvgIpc) is 2.65. The monoisotopic (exact) mass is 368 g/mol. The minimum atomic E-state index is 0.783. The fourth-order valence-electron chi connectivity index (χ4n) is 2.74. The van der Waals surface area contributed by atoms with Crippen molar-refractivity contribution in [2.45, 2.75) is 55.8 Å². The molecule has 2 aromatic rings. The number of rotatable bonds is 12. The van der Waals surface area contributed by atoms with Crippen molar-refractivity contribution in [3.8, 4) is 0 Å². The van der Waals surface area contributed by atoms with Crippen LogP contribution in [0.15, 0.2) is 54.6 Å². The van der Waals surface area contributed by atoms with Crippen molar-refractivity contribution < 1.29 is 0 Å². The van der Waals surface area contributed by atoms with Gasteiger partial charge < -0.3 is 0 Å². The normalized spacial score (nSPS) is 12.2. The second-order valence-corrected chi connectivity index (χ2v) is 8.89. The predicted molar refractivity (Wildman–Crippen MR) is 118 cm³/mol. The van der Waals surface area contributed by atoms with Crippen LogP contribution in [0.4, 0.5) is 0 Å². The van der Waals surface area contributed by atoms with E-state index in [1.807, 2.05) is 23.9 Å². The van der Waals surface area contributed by atoms with Gasteiger partial charge in [0.15, 0.2) is 0 Å². The molecule has 25 heavy (non-hydrogen) atoms. The molecule has 0 aromatic heterocycles. The lowest BCUT2D eigenvalue weighted by Gasteiger charge is -2.16. The Hall–Kier alpha value is -0.795. The van der Waals surface area contributed by atoms with Crippen LogP contribution in [0.3, 0.4) is 0 Å². The van der Waals surface area contributed by atoms with Crippen LogP contribution in [-0.2, 0) is 11.5 Å². The summed E-state index contributed by atoms with van der Waals surface area (Å²) in [6.45, 7) is 2.29. The van der Waals surface area contributed by atoms with Crippen LogP contribution in [-0.4, -0.2) is 18.8 Å². The number of hydrogen-bond donors (Lipinski definition) is 0. The van der Waals surface area contributed by atoms with Gasteiger partial charge in [-0.2, -0.15) is 23.5 Å². The Kier molecular flexibility index (Phi) is 10.3. The number of hydrogen-bond acceptors (Lipinski definition) is 2. The molecule has 0 saturated carbocycles. The maximum atomic E-state index is 5.75. The van der Waals surface area contributed by atoms with Gasteiger partial charge in [0.1, 0.15) is 7.85 Å². The third-order valence-corrected chi connectivity index (χ3v) is 6.80. The molecule has 0 spiro atoms. The minimum absolute atomic E-state index is 0.783. The zero-order chi connectivity index (χ0) is 17.7. The van der Waals surface area contributed by atoms with Crippen molar-refractivity contribution in [3.63, 3.8) is 0 Å². The zero-order valence-corrected chi connectivity index (χ0v) is 17.0. The van der Waals surface area contributed by atoms with Gasteiger partial charge in [-0.25, -0.2) is 0 Å². The number of thioether (sulfide) groups is 2. The summed E-state index contributed by atoms with van der Waals surface area (Å²) in [6, 6.07) is 19.2. The second kappa shape index (κ2) is 12.5. The predicted octanol–water partition coefficient (Wildman–Crippen LogP) is 5.99. The van der Waals surface area contributed by atoms with E-state index in [1.165, 1.54) is 49.0 Å². The largest absolute Gasteiger partial charge is 0.157 e. The Morgan fingerprint density at radius 1 is 0.840 bits per heavy atom. The highest BCUT2D eigenvalue weighted by molar-refractivity contribution is 7.99. The Morgan fingerprint density at radius 3 is 2.28 bits per heavy atom. The van der Waals surface area contributed by atoms with Crippen molar-refractivity contribution in [1.82, 2.24) is 0 Å². The van der Waals surface area contributed by atoms with Gasteiger partial charge in [-0.15, -0.1) is 0 Å². The van der Waals surface area contributed by atoms with E-state index in [2.05, 4.69) is 61.2 Å². The fraction of sp³-hybridized carbons (Fsp3) is 0.455. The molecule has 3 heteroatoms. The van der Waals surface area contributed by atoms with Crippen LogP contribution in [0.1, 0.15) is 50.2 Å². The van der Waals surface area contributed by atoms with E-state index < -0.39 is 0 Å². The topological polar surface area (TPSA) is 0 Å². The first kappa shape index (κ1) is 20.5. The van der Waals surface area contributed by atoms with Gasteiger partial charge in [-0.3, -0.25) is 0 Å². The van der Waals surface area contributed by atoms with E-state index in [-0.39, 0.29) is 0 Å². The van der Waals surface area contributed by atoms with E-state index >= 15 is 0 Å². The standard InChI is InChI=1S/C22H29BS2/c1-2-3-5-10-22(25-18-19-8-6-4-7-9-19)15-16-24-17-20-11-13-21(23)14-12-20/h4,6-9,11-14,22H,2-3,5,10,15-18H2,1H3. The van der Waals surface area contributed by atoms with Crippen LogP contribution in [0.25, 0.3) is 0 Å². The molecule has 0 amide bonds. The summed E-state index contributed by atoms with van der Waals surface area (Å²) < 4.78 is 0. The fourth-order valence-corrected chi connectivity index (χ4v) is 5.15. The van der Waals surface area contributed by atoms with Crippen molar-refractivity contribution in [3.05, 3.63) is 65.7 Å². The van der Waals surface area contributed by atoms with Crippen LogP contribution in [0.5, 0.6) is 0 Å². The molecule has 2 radical (unpaired) electrons. The molecular weight excluding hydrogens is 339 g/mol. The molecule has 0 aliphatic carbocycles. The quantitative estimate of drug-likeness (QED) is 0.334. The van der Waals surface area contributed by atoms with E-state index in [1.54, 1.807) is 0 Å². The van der Waals surface area contributed by atoms with Crippen molar-refractivity contribution in [2.24, 2.45) is 0 Å². The van der Waals surface area contributed by atoms with Crippen LogP contribution in [0.2, 0.25) is 0 Å². The lowest BCUT2D eigenvalue weighted by Crippen LogP contribution is -2.05. The van der Waals surface area contributed by atoms with Crippen LogP contribution < -0.4 is 5.46 Å². The Bertz CT molecular complexity index is 568. The molecule has 0 N–H and O–H groups in total. The maximum absolute atomic E-state index is 5.75. The summed E-state index contributed by atoms with van der Waals surface area (Å²) in [6.07, 6.45) is 6.70. The molecule has 0 heterocycles. The molecule has 0 bridgehead atoms. The molecule has 0 fully saturated rings. The first-order valence-corrected chi connectivity index (χ1v) is 11.6. The molecule has 1 atom stereocenters. The lowest BCUT2D eigenvalue weighted by atomic mass is 9.96. The van der Waals surface area contributed by atoms with Gasteiger partial charge in [-0.1, -0.05) is 86.2 Å². The molecule has 2 aromatic carbocycles. The van der Waals surface area contributed by atoms with Crippen LogP contribution >= 0.6 is 23.5 Å². The first-order valence-electron chi connectivity index (χ1n) is 9.35. The first-order chi connectivity index (χ1) is 12.3. The van der Waals surface area contributed by atoms with Crippen molar-refractivity contribution in [2.75, 3.05) is 5.75 Å². The third-order valence-electron chi connectivity index (χ3n) is 4.29. The molecule has 132 valence electrons. The summed E-state index contributed by atoms with van der Waals surface area (Å²) in [5.74, 6) is 3.47. The highest BCUT2D eigenvalue weighted by atomic mass is 32.2. The highest BCUT2D eigenvalue weighted by Gasteiger charge is 2.09. The lowest BCUT2D eigenvalue weighted by molar-refractivity contribution is 0.637. The van der Waals surface area contributed by atoms with Gasteiger partial charge in [0.25, 0.3) is 0 Å². The second-order valence-electron chi connectivity index (χ2n) is 6.50. The minimum Gasteiger partial charge on any atom is -0.157 e. The van der Waals surface area contributed by atoms with Crippen molar-refractivity contribution in [1.29, 1.82) is 0 Å². The zero-order valence-electron chi connectivity index (χ0n) is 15.3. The highest BCUT2D eigenvalue weighted by Crippen LogP contribution is 2.27. The van der Waals surface area contributed by atoms with Crippen LogP contribution in [0, 0.1) is 0 Å². The summed E-state index contributed by atoms with van der Waals surface area (Å²) in [5, 5.41) is 0.783. The Labute approximate surface area is 164 Å².